The number of hydrogen-bond donors (Lipinski definition) is 1. The van der Waals surface area contributed by atoms with E-state index in [2.05, 4.69) is 5.32 Å². The number of rotatable bonds is 5. The highest BCUT2D eigenvalue weighted by atomic mass is 35.5. The minimum absolute atomic E-state index is 0.0791. The second kappa shape index (κ2) is 9.32. The van der Waals surface area contributed by atoms with E-state index >= 15 is 0 Å². The van der Waals surface area contributed by atoms with Gasteiger partial charge in [0, 0.05) is 11.4 Å². The lowest BCUT2D eigenvalue weighted by molar-refractivity contribution is -0.384. The first kappa shape index (κ1) is 24.1. The highest BCUT2D eigenvalue weighted by molar-refractivity contribution is 7.80. The number of ether oxygens (including phenoxy) is 1. The van der Waals surface area contributed by atoms with Crippen molar-refractivity contribution >= 4 is 58.2 Å². The summed E-state index contributed by atoms with van der Waals surface area (Å²) in [7, 11) is 1.43. The molecule has 0 aliphatic carbocycles. The van der Waals surface area contributed by atoms with Gasteiger partial charge in [-0.15, -0.1) is 0 Å². The van der Waals surface area contributed by atoms with E-state index in [-0.39, 0.29) is 16.4 Å². The van der Waals surface area contributed by atoms with Gasteiger partial charge in [0.2, 0.25) is 0 Å². The van der Waals surface area contributed by atoms with Gasteiger partial charge in [-0.3, -0.25) is 29.9 Å². The Labute approximate surface area is 210 Å². The van der Waals surface area contributed by atoms with Crippen LogP contribution in [-0.2, 0) is 9.59 Å². The molecule has 2 aromatic carbocycles. The molecular formula is C24H19ClN4O5S. The standard InChI is InChI=1S/C24H19ClN4O5S/c1-13-10-15(14(2)27(13)20-9-8-16(34-3)12-21(20)29(32)33)11-17-22(30)26-24(35)28(23(17)31)19-7-5-4-6-18(19)25/h4-12H,1-3H3,(H,26,30,35)/b17-11+. The zero-order valence-electron chi connectivity index (χ0n) is 18.9. The zero-order valence-corrected chi connectivity index (χ0v) is 20.4. The summed E-state index contributed by atoms with van der Waals surface area (Å²) in [5, 5.41) is 14.5. The van der Waals surface area contributed by atoms with Crippen molar-refractivity contribution in [3.05, 3.63) is 86.2 Å². The summed E-state index contributed by atoms with van der Waals surface area (Å²) in [6.45, 7) is 3.52. The Morgan fingerprint density at radius 3 is 2.49 bits per heavy atom. The quantitative estimate of drug-likeness (QED) is 0.178. The number of halogens is 1. The van der Waals surface area contributed by atoms with E-state index in [9.17, 15) is 19.7 Å². The van der Waals surface area contributed by atoms with E-state index in [4.69, 9.17) is 28.6 Å². The Morgan fingerprint density at radius 1 is 1.11 bits per heavy atom. The molecule has 0 bridgehead atoms. The molecular weight excluding hydrogens is 492 g/mol. The molecule has 1 N–H and O–H groups in total. The highest BCUT2D eigenvalue weighted by Crippen LogP contribution is 2.33. The predicted octanol–water partition coefficient (Wildman–Crippen LogP) is 4.50. The van der Waals surface area contributed by atoms with Gasteiger partial charge in [0.15, 0.2) is 5.11 Å². The SMILES string of the molecule is COc1ccc(-n2c(C)cc(/C=C3\C(=O)NC(=S)N(c4ccccc4Cl)C3=O)c2C)c([N+](=O)[O-])c1. The first-order chi connectivity index (χ1) is 16.6. The Morgan fingerprint density at radius 2 is 1.83 bits per heavy atom. The molecule has 3 aromatic rings. The average molecular weight is 511 g/mol. The lowest BCUT2D eigenvalue weighted by atomic mass is 10.1. The topological polar surface area (TPSA) is 107 Å². The van der Waals surface area contributed by atoms with Crippen molar-refractivity contribution in [1.29, 1.82) is 0 Å². The van der Waals surface area contributed by atoms with Gasteiger partial charge in [0.1, 0.15) is 17.0 Å². The highest BCUT2D eigenvalue weighted by Gasteiger charge is 2.35. The van der Waals surface area contributed by atoms with Crippen LogP contribution >= 0.6 is 23.8 Å². The van der Waals surface area contributed by atoms with Gasteiger partial charge in [-0.2, -0.15) is 0 Å². The Hall–Kier alpha value is -4.02. The van der Waals surface area contributed by atoms with Gasteiger partial charge in [-0.05, 0) is 68.0 Å². The van der Waals surface area contributed by atoms with Crippen LogP contribution in [0.4, 0.5) is 11.4 Å². The molecule has 4 rings (SSSR count). The van der Waals surface area contributed by atoms with Crippen molar-refractivity contribution in [1.82, 2.24) is 9.88 Å². The van der Waals surface area contributed by atoms with Crippen molar-refractivity contribution in [2.24, 2.45) is 0 Å². The molecule has 2 amide bonds. The number of nitrogens with zero attached hydrogens (tertiary/aromatic N) is 3. The average Bonchev–Trinajstić information content (AvgIpc) is 3.09. The van der Waals surface area contributed by atoms with E-state index in [0.29, 0.717) is 39.1 Å². The Bertz CT molecular complexity index is 1450. The molecule has 1 aliphatic heterocycles. The van der Waals surface area contributed by atoms with Crippen molar-refractivity contribution in [2.75, 3.05) is 12.0 Å². The van der Waals surface area contributed by atoms with Crippen molar-refractivity contribution in [2.45, 2.75) is 13.8 Å². The summed E-state index contributed by atoms with van der Waals surface area (Å²) in [6.07, 6.45) is 1.44. The number of para-hydroxylation sites is 1. The molecule has 11 heteroatoms. The molecule has 0 spiro atoms. The van der Waals surface area contributed by atoms with Crippen LogP contribution in [0.2, 0.25) is 5.02 Å². The van der Waals surface area contributed by atoms with Crippen LogP contribution < -0.4 is 15.0 Å². The van der Waals surface area contributed by atoms with E-state index in [1.807, 2.05) is 0 Å². The summed E-state index contributed by atoms with van der Waals surface area (Å²) in [6, 6.07) is 12.9. The van der Waals surface area contributed by atoms with Crippen LogP contribution in [0.25, 0.3) is 11.8 Å². The molecule has 0 atom stereocenters. The summed E-state index contributed by atoms with van der Waals surface area (Å²) in [5.41, 5.74) is 2.18. The molecule has 9 nitrogen and oxygen atoms in total. The number of amides is 2. The number of nitro benzene ring substituents is 1. The second-order valence-corrected chi connectivity index (χ2v) is 8.48. The number of aryl methyl sites for hydroxylation is 1. The number of benzene rings is 2. The summed E-state index contributed by atoms with van der Waals surface area (Å²) >= 11 is 11.5. The summed E-state index contributed by atoms with van der Waals surface area (Å²) in [5.74, 6) is -0.930. The molecule has 0 unspecified atom stereocenters. The van der Waals surface area contributed by atoms with Crippen LogP contribution in [0.3, 0.4) is 0 Å². The number of anilines is 1. The van der Waals surface area contributed by atoms with Gasteiger partial charge < -0.3 is 9.30 Å². The Balaban J connectivity index is 1.81. The minimum atomic E-state index is -0.650. The molecule has 178 valence electrons. The van der Waals surface area contributed by atoms with Crippen LogP contribution in [-0.4, -0.2) is 33.5 Å². The third-order valence-corrected chi connectivity index (χ3v) is 6.19. The maximum atomic E-state index is 13.3. The van der Waals surface area contributed by atoms with E-state index in [1.165, 1.54) is 24.2 Å². The number of nitro groups is 1. The molecule has 35 heavy (non-hydrogen) atoms. The van der Waals surface area contributed by atoms with E-state index < -0.39 is 16.7 Å². The van der Waals surface area contributed by atoms with Crippen molar-refractivity contribution < 1.29 is 19.2 Å². The van der Waals surface area contributed by atoms with Crippen LogP contribution in [0.5, 0.6) is 5.75 Å². The Kier molecular flexibility index (Phi) is 6.42. The maximum Gasteiger partial charge on any atom is 0.296 e. The lowest BCUT2D eigenvalue weighted by Crippen LogP contribution is -2.54. The third-order valence-electron chi connectivity index (χ3n) is 5.59. The maximum absolute atomic E-state index is 13.3. The van der Waals surface area contributed by atoms with Gasteiger partial charge in [0.05, 0.1) is 28.8 Å². The van der Waals surface area contributed by atoms with E-state index in [1.54, 1.807) is 60.9 Å². The number of carbonyl (C=O) groups excluding carboxylic acids is 2. The number of aromatic nitrogens is 1. The number of thiocarbonyl (C=S) groups is 1. The molecule has 2 heterocycles. The monoisotopic (exact) mass is 510 g/mol. The van der Waals surface area contributed by atoms with Crippen molar-refractivity contribution in [3.8, 4) is 11.4 Å². The first-order valence-corrected chi connectivity index (χ1v) is 11.1. The van der Waals surface area contributed by atoms with Crippen LogP contribution in [0.1, 0.15) is 17.0 Å². The van der Waals surface area contributed by atoms with Gasteiger partial charge in [0.25, 0.3) is 17.5 Å². The smallest absolute Gasteiger partial charge is 0.296 e. The lowest BCUT2D eigenvalue weighted by Gasteiger charge is -2.29. The fourth-order valence-corrected chi connectivity index (χ4v) is 4.43. The number of nitrogens with one attached hydrogen (secondary N) is 1. The number of methoxy groups -OCH3 is 1. The molecule has 1 saturated heterocycles. The molecule has 1 fully saturated rings. The van der Waals surface area contributed by atoms with Gasteiger partial charge >= 0.3 is 0 Å². The van der Waals surface area contributed by atoms with Gasteiger partial charge in [-0.1, -0.05) is 23.7 Å². The number of hydrogen-bond acceptors (Lipinski definition) is 6. The van der Waals surface area contributed by atoms with Crippen molar-refractivity contribution in [3.63, 3.8) is 0 Å². The predicted molar refractivity (Wildman–Crippen MR) is 136 cm³/mol. The van der Waals surface area contributed by atoms with Gasteiger partial charge in [-0.25, -0.2) is 0 Å². The first-order valence-electron chi connectivity index (χ1n) is 10.3. The second-order valence-electron chi connectivity index (χ2n) is 7.68. The molecule has 1 aromatic heterocycles. The largest absolute Gasteiger partial charge is 0.496 e. The molecule has 1 aliphatic rings. The van der Waals surface area contributed by atoms with Crippen LogP contribution in [0.15, 0.2) is 54.1 Å². The zero-order chi connectivity index (χ0) is 25.4. The minimum Gasteiger partial charge on any atom is -0.496 e. The molecule has 0 saturated carbocycles. The third kappa shape index (κ3) is 4.29. The summed E-state index contributed by atoms with van der Waals surface area (Å²) in [4.78, 5) is 38.4. The fraction of sp³-hybridized carbons (Fsp3) is 0.125. The fourth-order valence-electron chi connectivity index (χ4n) is 3.93. The summed E-state index contributed by atoms with van der Waals surface area (Å²) < 4.78 is 6.81. The van der Waals surface area contributed by atoms with Crippen LogP contribution in [0, 0.1) is 24.0 Å². The number of carbonyl (C=O) groups is 2. The molecule has 0 radical (unpaired) electrons. The van der Waals surface area contributed by atoms with E-state index in [0.717, 1.165) is 0 Å². The normalized spacial score (nSPS) is 14.9.